The van der Waals surface area contributed by atoms with Crippen LogP contribution in [-0.2, 0) is 14.3 Å². The number of rotatable bonds is 6. The van der Waals surface area contributed by atoms with Crippen LogP contribution in [0.5, 0.6) is 0 Å². The zero-order chi connectivity index (χ0) is 19.1. The normalized spacial score (nSPS) is 15.5. The molecule has 1 N–H and O–H groups in total. The molecule has 0 unspecified atom stereocenters. The summed E-state index contributed by atoms with van der Waals surface area (Å²) in [6, 6.07) is 21.2. The predicted molar refractivity (Wildman–Crippen MR) is 104 cm³/mol. The van der Waals surface area contributed by atoms with Crippen molar-refractivity contribution in [3.63, 3.8) is 0 Å². The minimum Gasteiger partial charge on any atom is -0.468 e. The van der Waals surface area contributed by atoms with Crippen LogP contribution in [0.15, 0.2) is 60.7 Å². The number of nitrogens with zero attached hydrogens (tertiary/aromatic N) is 1. The molecule has 1 aliphatic rings. The summed E-state index contributed by atoms with van der Waals surface area (Å²) in [6.07, 6.45) is 1.56. The lowest BCUT2D eigenvalue weighted by Crippen LogP contribution is -2.43. The fourth-order valence-corrected chi connectivity index (χ4v) is 3.68. The summed E-state index contributed by atoms with van der Waals surface area (Å²) in [5, 5.41) is 2.68. The molecule has 0 saturated carbocycles. The topological polar surface area (TPSA) is 58.6 Å². The molecule has 0 spiro atoms. The van der Waals surface area contributed by atoms with Gasteiger partial charge in [0, 0.05) is 5.92 Å². The fraction of sp³-hybridized carbons (Fsp3) is 0.364. The molecule has 2 aromatic rings. The Balaban J connectivity index is 1.67. The van der Waals surface area contributed by atoms with Gasteiger partial charge in [-0.2, -0.15) is 0 Å². The number of carbonyl (C=O) groups is 2. The van der Waals surface area contributed by atoms with Crippen LogP contribution in [0.2, 0.25) is 0 Å². The number of hydrogen-bond donors (Lipinski definition) is 1. The van der Waals surface area contributed by atoms with Crippen LogP contribution in [0, 0.1) is 5.92 Å². The average Bonchev–Trinajstić information content (AvgIpc) is 2.74. The van der Waals surface area contributed by atoms with Crippen LogP contribution in [0.1, 0.15) is 30.0 Å². The first-order chi connectivity index (χ1) is 13.2. The van der Waals surface area contributed by atoms with Crippen molar-refractivity contribution in [1.29, 1.82) is 0 Å². The van der Waals surface area contributed by atoms with Gasteiger partial charge in [0.25, 0.3) is 0 Å². The van der Waals surface area contributed by atoms with Crippen molar-refractivity contribution in [2.24, 2.45) is 5.92 Å². The highest BCUT2D eigenvalue weighted by molar-refractivity contribution is 5.83. The maximum Gasteiger partial charge on any atom is 0.325 e. The van der Waals surface area contributed by atoms with Gasteiger partial charge in [-0.1, -0.05) is 60.7 Å². The molecule has 0 aliphatic carbocycles. The standard InChI is InChI=1S/C22H26N2O3/c1-27-20(25)16-23-22(26)19-12-14-24(15-13-19)21(17-8-4-2-5-9-17)18-10-6-3-7-11-18/h2-11,19,21H,12-16H2,1H3,(H,23,26). The molecule has 5 heteroatoms. The molecule has 1 saturated heterocycles. The number of nitrogens with one attached hydrogen (secondary N) is 1. The van der Waals surface area contributed by atoms with E-state index in [-0.39, 0.29) is 24.4 Å². The number of benzene rings is 2. The van der Waals surface area contributed by atoms with E-state index in [1.807, 2.05) is 12.1 Å². The lowest BCUT2D eigenvalue weighted by atomic mass is 9.91. The first kappa shape index (κ1) is 19.1. The molecule has 1 fully saturated rings. The van der Waals surface area contributed by atoms with Crippen LogP contribution >= 0.6 is 0 Å². The van der Waals surface area contributed by atoms with E-state index in [1.54, 1.807) is 0 Å². The highest BCUT2D eigenvalue weighted by Gasteiger charge is 2.30. The van der Waals surface area contributed by atoms with Crippen molar-refractivity contribution in [2.75, 3.05) is 26.7 Å². The number of carbonyl (C=O) groups excluding carboxylic acids is 2. The Morgan fingerprint density at radius 2 is 1.52 bits per heavy atom. The maximum absolute atomic E-state index is 12.3. The van der Waals surface area contributed by atoms with E-state index >= 15 is 0 Å². The molecule has 0 atom stereocenters. The fourth-order valence-electron chi connectivity index (χ4n) is 3.68. The first-order valence-electron chi connectivity index (χ1n) is 9.37. The zero-order valence-corrected chi connectivity index (χ0v) is 15.6. The highest BCUT2D eigenvalue weighted by atomic mass is 16.5. The van der Waals surface area contributed by atoms with Crippen LogP contribution in [-0.4, -0.2) is 43.5 Å². The van der Waals surface area contributed by atoms with Gasteiger partial charge in [-0.3, -0.25) is 14.5 Å². The Morgan fingerprint density at radius 3 is 2.00 bits per heavy atom. The minimum atomic E-state index is -0.422. The van der Waals surface area contributed by atoms with Gasteiger partial charge in [0.05, 0.1) is 13.2 Å². The van der Waals surface area contributed by atoms with Crippen molar-refractivity contribution < 1.29 is 14.3 Å². The summed E-state index contributed by atoms with van der Waals surface area (Å²) < 4.78 is 4.57. The Hall–Kier alpha value is -2.66. The second-order valence-corrected chi connectivity index (χ2v) is 6.83. The summed E-state index contributed by atoms with van der Waals surface area (Å²) in [4.78, 5) is 25.9. The van der Waals surface area contributed by atoms with Crippen molar-refractivity contribution in [1.82, 2.24) is 10.2 Å². The first-order valence-corrected chi connectivity index (χ1v) is 9.37. The lowest BCUT2D eigenvalue weighted by molar-refractivity contribution is -0.141. The van der Waals surface area contributed by atoms with Crippen molar-refractivity contribution in [3.8, 4) is 0 Å². The molecular weight excluding hydrogens is 340 g/mol. The summed E-state index contributed by atoms with van der Waals surface area (Å²) >= 11 is 0. The molecule has 0 radical (unpaired) electrons. The highest BCUT2D eigenvalue weighted by Crippen LogP contribution is 2.32. The zero-order valence-electron chi connectivity index (χ0n) is 15.6. The summed E-state index contributed by atoms with van der Waals surface area (Å²) in [6.45, 7) is 1.61. The molecule has 1 heterocycles. The van der Waals surface area contributed by atoms with Gasteiger partial charge >= 0.3 is 5.97 Å². The number of amides is 1. The van der Waals surface area contributed by atoms with Crippen LogP contribution in [0.25, 0.3) is 0 Å². The number of ether oxygens (including phenoxy) is 1. The molecule has 142 valence electrons. The monoisotopic (exact) mass is 366 g/mol. The van der Waals surface area contributed by atoms with Gasteiger partial charge < -0.3 is 10.1 Å². The number of hydrogen-bond acceptors (Lipinski definition) is 4. The molecule has 2 aromatic carbocycles. The van der Waals surface area contributed by atoms with E-state index in [0.29, 0.717) is 0 Å². The van der Waals surface area contributed by atoms with Gasteiger partial charge in [0.2, 0.25) is 5.91 Å². The van der Waals surface area contributed by atoms with Crippen molar-refractivity contribution in [2.45, 2.75) is 18.9 Å². The van der Waals surface area contributed by atoms with Gasteiger partial charge in [-0.05, 0) is 37.1 Å². The third kappa shape index (κ3) is 4.95. The average molecular weight is 366 g/mol. The second-order valence-electron chi connectivity index (χ2n) is 6.83. The molecule has 0 bridgehead atoms. The second kappa shape index (κ2) is 9.33. The van der Waals surface area contributed by atoms with Crippen molar-refractivity contribution >= 4 is 11.9 Å². The molecule has 5 nitrogen and oxygen atoms in total. The SMILES string of the molecule is COC(=O)CNC(=O)C1CCN(C(c2ccccc2)c2ccccc2)CC1. The molecular formula is C22H26N2O3. The van der Waals surface area contributed by atoms with Gasteiger partial charge in [-0.25, -0.2) is 0 Å². The predicted octanol–water partition coefficient (Wildman–Crippen LogP) is 2.78. The Morgan fingerprint density at radius 1 is 1.00 bits per heavy atom. The summed E-state index contributed by atoms with van der Waals surface area (Å²) in [7, 11) is 1.32. The van der Waals surface area contributed by atoms with E-state index in [2.05, 4.69) is 63.5 Å². The number of methoxy groups -OCH3 is 1. The van der Waals surface area contributed by atoms with E-state index in [1.165, 1.54) is 18.2 Å². The molecule has 0 aromatic heterocycles. The van der Waals surface area contributed by atoms with Gasteiger partial charge in [-0.15, -0.1) is 0 Å². The Kier molecular flexibility index (Phi) is 6.60. The molecule has 3 rings (SSSR count). The van der Waals surface area contributed by atoms with Crippen LogP contribution < -0.4 is 5.32 Å². The van der Waals surface area contributed by atoms with Crippen molar-refractivity contribution in [3.05, 3.63) is 71.8 Å². The van der Waals surface area contributed by atoms with Gasteiger partial charge in [0.1, 0.15) is 6.54 Å². The van der Waals surface area contributed by atoms with Crippen LogP contribution in [0.4, 0.5) is 0 Å². The largest absolute Gasteiger partial charge is 0.468 e. The lowest BCUT2D eigenvalue weighted by Gasteiger charge is -2.37. The smallest absolute Gasteiger partial charge is 0.325 e. The van der Waals surface area contributed by atoms with E-state index < -0.39 is 5.97 Å². The quantitative estimate of drug-likeness (QED) is 0.799. The van der Waals surface area contributed by atoms with E-state index in [4.69, 9.17) is 0 Å². The Labute approximate surface area is 160 Å². The van der Waals surface area contributed by atoms with E-state index in [9.17, 15) is 9.59 Å². The number of piperidine rings is 1. The molecule has 27 heavy (non-hydrogen) atoms. The third-order valence-electron chi connectivity index (χ3n) is 5.13. The summed E-state index contributed by atoms with van der Waals surface area (Å²) in [5.41, 5.74) is 2.52. The maximum atomic E-state index is 12.3. The molecule has 1 aliphatic heterocycles. The van der Waals surface area contributed by atoms with Gasteiger partial charge in [0.15, 0.2) is 0 Å². The van der Waals surface area contributed by atoms with E-state index in [0.717, 1.165) is 25.9 Å². The molecule has 1 amide bonds. The number of likely N-dealkylation sites (tertiary alicyclic amines) is 1. The minimum absolute atomic E-state index is 0.0573. The Bertz CT molecular complexity index is 701. The third-order valence-corrected chi connectivity index (χ3v) is 5.13. The number of esters is 1. The summed E-state index contributed by atoms with van der Waals surface area (Å²) in [5.74, 6) is -0.539. The van der Waals surface area contributed by atoms with Crippen LogP contribution in [0.3, 0.4) is 0 Å².